The maximum atomic E-state index is 11.9. The van der Waals surface area contributed by atoms with Gasteiger partial charge < -0.3 is 21.7 Å². The summed E-state index contributed by atoms with van der Waals surface area (Å²) in [5, 5.41) is 8.00. The molecule has 1 aromatic rings. The Hall–Kier alpha value is -2.12. The Morgan fingerprint density at radius 3 is 2.32 bits per heavy atom. The van der Waals surface area contributed by atoms with E-state index in [-0.39, 0.29) is 48.5 Å². The number of hydrogen-bond donors (Lipinski definition) is 4. The summed E-state index contributed by atoms with van der Waals surface area (Å²) < 4.78 is 0. The van der Waals surface area contributed by atoms with Crippen molar-refractivity contribution in [2.75, 3.05) is 17.2 Å². The van der Waals surface area contributed by atoms with Crippen LogP contribution in [0.4, 0.5) is 11.4 Å². The second kappa shape index (κ2) is 9.39. The lowest BCUT2D eigenvalue weighted by Crippen LogP contribution is -2.46. The summed E-state index contributed by atoms with van der Waals surface area (Å²) in [7, 11) is 0. The fourth-order valence-corrected chi connectivity index (χ4v) is 2.06. The van der Waals surface area contributed by atoms with Gasteiger partial charge in [0.2, 0.25) is 17.7 Å². The molecular formula is C17H25ClN4O3. The summed E-state index contributed by atoms with van der Waals surface area (Å²) in [6.07, 6.45) is 1.86. The van der Waals surface area contributed by atoms with E-state index in [0.717, 1.165) is 12.8 Å². The number of halogens is 1. The van der Waals surface area contributed by atoms with E-state index in [0.29, 0.717) is 11.4 Å². The van der Waals surface area contributed by atoms with E-state index in [1.54, 1.807) is 24.3 Å². The first-order valence-corrected chi connectivity index (χ1v) is 8.11. The third-order valence-corrected chi connectivity index (χ3v) is 3.81. The molecule has 1 atom stereocenters. The smallest absolute Gasteiger partial charge is 0.243 e. The summed E-state index contributed by atoms with van der Waals surface area (Å²) in [5.74, 6) is -0.590. The molecule has 25 heavy (non-hydrogen) atoms. The Morgan fingerprint density at radius 2 is 1.76 bits per heavy atom. The van der Waals surface area contributed by atoms with Crippen LogP contribution in [0.3, 0.4) is 0 Å². The summed E-state index contributed by atoms with van der Waals surface area (Å²) in [6, 6.07) is 6.26. The minimum Gasteiger partial charge on any atom is -0.346 e. The van der Waals surface area contributed by atoms with Gasteiger partial charge in [-0.3, -0.25) is 14.4 Å². The van der Waals surface area contributed by atoms with Crippen LogP contribution in [0.1, 0.15) is 26.7 Å². The van der Waals surface area contributed by atoms with Crippen molar-refractivity contribution in [2.45, 2.75) is 32.7 Å². The molecule has 8 heteroatoms. The summed E-state index contributed by atoms with van der Waals surface area (Å²) in [5.41, 5.74) is 6.90. The third kappa shape index (κ3) is 6.72. The lowest BCUT2D eigenvalue weighted by atomic mass is 10.1. The highest BCUT2D eigenvalue weighted by Crippen LogP contribution is 2.30. The summed E-state index contributed by atoms with van der Waals surface area (Å²) >= 11 is 0. The molecule has 138 valence electrons. The number of anilines is 2. The van der Waals surface area contributed by atoms with Crippen LogP contribution in [-0.4, -0.2) is 30.3 Å². The van der Waals surface area contributed by atoms with Crippen LogP contribution in [0.25, 0.3) is 0 Å². The van der Waals surface area contributed by atoms with Crippen LogP contribution in [0, 0.1) is 11.8 Å². The van der Waals surface area contributed by atoms with E-state index in [1.165, 1.54) is 0 Å². The average molecular weight is 369 g/mol. The second-order valence-corrected chi connectivity index (χ2v) is 6.38. The number of amides is 3. The Kier molecular flexibility index (Phi) is 7.86. The Labute approximate surface area is 153 Å². The zero-order valence-electron chi connectivity index (χ0n) is 14.4. The van der Waals surface area contributed by atoms with Gasteiger partial charge >= 0.3 is 0 Å². The molecule has 1 fully saturated rings. The molecule has 5 N–H and O–H groups in total. The number of benzene rings is 1. The Bertz CT molecular complexity index is 632. The standard InChI is InChI=1S/C17H24N4O3.ClH/c1-10(2)15(18)17(24)19-9-14(22)20-12-4-3-5-13(8-12)21-16(23)11-6-7-11;/h3-5,8,10-11,15H,6-7,9,18H2,1-2H3,(H,19,24)(H,20,22)(H,21,23);1H/t15-;/m0./s1. The van der Waals surface area contributed by atoms with Gasteiger partial charge in [-0.15, -0.1) is 12.4 Å². The molecule has 0 aromatic heterocycles. The summed E-state index contributed by atoms with van der Waals surface area (Å²) in [4.78, 5) is 35.4. The Balaban J connectivity index is 0.00000312. The zero-order valence-corrected chi connectivity index (χ0v) is 15.2. The van der Waals surface area contributed by atoms with Crippen molar-refractivity contribution in [3.8, 4) is 0 Å². The highest BCUT2D eigenvalue weighted by Gasteiger charge is 2.29. The van der Waals surface area contributed by atoms with Crippen molar-refractivity contribution in [3.63, 3.8) is 0 Å². The quantitative estimate of drug-likeness (QED) is 0.584. The first-order valence-electron chi connectivity index (χ1n) is 8.11. The van der Waals surface area contributed by atoms with Gasteiger partial charge in [-0.1, -0.05) is 19.9 Å². The lowest BCUT2D eigenvalue weighted by Gasteiger charge is -2.15. The monoisotopic (exact) mass is 368 g/mol. The van der Waals surface area contributed by atoms with Crippen molar-refractivity contribution >= 4 is 41.5 Å². The van der Waals surface area contributed by atoms with E-state index in [9.17, 15) is 14.4 Å². The molecule has 7 nitrogen and oxygen atoms in total. The largest absolute Gasteiger partial charge is 0.346 e. The molecule has 0 spiro atoms. The van der Waals surface area contributed by atoms with Crippen LogP contribution in [0.5, 0.6) is 0 Å². The summed E-state index contributed by atoms with van der Waals surface area (Å²) in [6.45, 7) is 3.52. The third-order valence-electron chi connectivity index (χ3n) is 3.81. The molecule has 3 amide bonds. The van der Waals surface area contributed by atoms with Gasteiger partial charge in [-0.05, 0) is 37.0 Å². The van der Waals surface area contributed by atoms with Gasteiger partial charge in [0.15, 0.2) is 0 Å². The number of nitrogens with one attached hydrogen (secondary N) is 3. The highest BCUT2D eigenvalue weighted by atomic mass is 35.5. The number of carbonyl (C=O) groups excluding carboxylic acids is 3. The van der Waals surface area contributed by atoms with Gasteiger partial charge in [0, 0.05) is 17.3 Å². The van der Waals surface area contributed by atoms with Crippen molar-refractivity contribution < 1.29 is 14.4 Å². The van der Waals surface area contributed by atoms with Crippen molar-refractivity contribution in [1.82, 2.24) is 5.32 Å². The first-order chi connectivity index (χ1) is 11.4. The molecule has 1 saturated carbocycles. The molecule has 0 aliphatic heterocycles. The predicted octanol–water partition coefficient (Wildman–Crippen LogP) is 1.49. The normalized spacial score (nSPS) is 14.2. The molecule has 0 radical (unpaired) electrons. The van der Waals surface area contributed by atoms with Crippen molar-refractivity contribution in [2.24, 2.45) is 17.6 Å². The molecule has 0 heterocycles. The number of rotatable bonds is 7. The fourth-order valence-electron chi connectivity index (χ4n) is 2.06. The molecule has 2 rings (SSSR count). The van der Waals surface area contributed by atoms with Crippen molar-refractivity contribution in [1.29, 1.82) is 0 Å². The minimum absolute atomic E-state index is 0. The number of carbonyl (C=O) groups is 3. The van der Waals surface area contributed by atoms with Crippen LogP contribution < -0.4 is 21.7 Å². The average Bonchev–Trinajstić information content (AvgIpc) is 3.37. The zero-order chi connectivity index (χ0) is 17.7. The second-order valence-electron chi connectivity index (χ2n) is 6.38. The number of nitrogens with two attached hydrogens (primary N) is 1. The molecular weight excluding hydrogens is 344 g/mol. The first kappa shape index (κ1) is 20.9. The van der Waals surface area contributed by atoms with Crippen LogP contribution in [0.2, 0.25) is 0 Å². The topological polar surface area (TPSA) is 113 Å². The molecule has 0 bridgehead atoms. The SMILES string of the molecule is CC(C)[C@H](N)C(=O)NCC(=O)Nc1cccc(NC(=O)C2CC2)c1.Cl. The van der Waals surface area contributed by atoms with E-state index in [2.05, 4.69) is 16.0 Å². The van der Waals surface area contributed by atoms with E-state index in [4.69, 9.17) is 5.73 Å². The van der Waals surface area contributed by atoms with Crippen LogP contribution in [0.15, 0.2) is 24.3 Å². The molecule has 0 unspecified atom stereocenters. The van der Waals surface area contributed by atoms with Gasteiger partial charge in [0.25, 0.3) is 0 Å². The number of hydrogen-bond acceptors (Lipinski definition) is 4. The van der Waals surface area contributed by atoms with E-state index in [1.807, 2.05) is 13.8 Å². The van der Waals surface area contributed by atoms with Gasteiger partial charge in [0.05, 0.1) is 12.6 Å². The van der Waals surface area contributed by atoms with Crippen molar-refractivity contribution in [3.05, 3.63) is 24.3 Å². The molecule has 1 aromatic carbocycles. The van der Waals surface area contributed by atoms with E-state index >= 15 is 0 Å². The minimum atomic E-state index is -0.640. The van der Waals surface area contributed by atoms with Crippen LogP contribution >= 0.6 is 12.4 Å². The lowest BCUT2D eigenvalue weighted by molar-refractivity contribution is -0.125. The fraction of sp³-hybridized carbons (Fsp3) is 0.471. The molecule has 0 saturated heterocycles. The Morgan fingerprint density at radius 1 is 1.16 bits per heavy atom. The molecule has 1 aliphatic carbocycles. The van der Waals surface area contributed by atoms with Gasteiger partial charge in [-0.25, -0.2) is 0 Å². The van der Waals surface area contributed by atoms with Crippen LogP contribution in [-0.2, 0) is 14.4 Å². The van der Waals surface area contributed by atoms with Gasteiger partial charge in [0.1, 0.15) is 0 Å². The molecule has 1 aliphatic rings. The maximum Gasteiger partial charge on any atom is 0.243 e. The van der Waals surface area contributed by atoms with Gasteiger partial charge in [-0.2, -0.15) is 0 Å². The highest BCUT2D eigenvalue weighted by molar-refractivity contribution is 5.97. The van der Waals surface area contributed by atoms with E-state index < -0.39 is 6.04 Å². The predicted molar refractivity (Wildman–Crippen MR) is 99.5 cm³/mol. The maximum absolute atomic E-state index is 11.9.